The fourth-order valence-corrected chi connectivity index (χ4v) is 5.93. The molecule has 5 rings (SSSR count). The Kier molecular flexibility index (Phi) is 5.11. The van der Waals surface area contributed by atoms with Crippen LogP contribution in [0.2, 0.25) is 0 Å². The molecule has 3 N–H and O–H groups in total. The predicted octanol–water partition coefficient (Wildman–Crippen LogP) is 2.87. The van der Waals surface area contributed by atoms with Crippen LogP contribution in [0.3, 0.4) is 0 Å². The molecule has 8 heteroatoms. The Morgan fingerprint density at radius 3 is 2.75 bits per heavy atom. The molecule has 0 radical (unpaired) electrons. The molecule has 0 saturated carbocycles. The molecule has 1 fully saturated rings. The summed E-state index contributed by atoms with van der Waals surface area (Å²) in [4.78, 5) is 7.39. The molecule has 2 aromatic carbocycles. The lowest BCUT2D eigenvalue weighted by Crippen LogP contribution is -2.61. The van der Waals surface area contributed by atoms with Crippen LogP contribution in [0.5, 0.6) is 0 Å². The van der Waals surface area contributed by atoms with Gasteiger partial charge in [-0.25, -0.2) is 13.4 Å². The molecular weight excluding hydrogens is 424 g/mol. The Morgan fingerprint density at radius 1 is 1.22 bits per heavy atom. The van der Waals surface area contributed by atoms with Crippen molar-refractivity contribution in [3.8, 4) is 0 Å². The molecule has 1 atom stereocenters. The van der Waals surface area contributed by atoms with Gasteiger partial charge in [-0.3, -0.25) is 0 Å². The summed E-state index contributed by atoms with van der Waals surface area (Å²) in [5.41, 5.74) is 9.72. The zero-order valence-electron chi connectivity index (χ0n) is 18.3. The topological polar surface area (TPSA) is 97.6 Å². The molecule has 0 aliphatic carbocycles. The number of aromatic nitrogens is 1. The van der Waals surface area contributed by atoms with Crippen molar-refractivity contribution in [1.82, 2.24) is 4.98 Å². The molecule has 3 aromatic rings. The second-order valence-corrected chi connectivity index (χ2v) is 11.4. The molecule has 7 nitrogen and oxygen atoms in total. The Hall–Kier alpha value is -2.68. The normalized spacial score (nSPS) is 21.5. The fraction of sp³-hybridized carbons (Fsp3) is 0.375. The molecule has 1 unspecified atom stereocenters. The first-order valence-corrected chi connectivity index (χ1v) is 12.4. The van der Waals surface area contributed by atoms with Crippen molar-refractivity contribution in [3.05, 3.63) is 59.7 Å². The lowest BCUT2D eigenvalue weighted by Gasteiger charge is -2.38. The summed E-state index contributed by atoms with van der Waals surface area (Å²) in [6, 6.07) is 15.4. The maximum atomic E-state index is 13.1. The minimum atomic E-state index is -3.40. The molecule has 0 bridgehead atoms. The van der Waals surface area contributed by atoms with Crippen molar-refractivity contribution >= 4 is 32.2 Å². The van der Waals surface area contributed by atoms with Crippen LogP contribution in [0.25, 0.3) is 10.9 Å². The molecular formula is C24H28N4O3S. The second kappa shape index (κ2) is 7.72. The molecule has 3 heterocycles. The predicted molar refractivity (Wildman–Crippen MR) is 127 cm³/mol. The number of ether oxygens (including phenoxy) is 1. The van der Waals surface area contributed by atoms with Crippen LogP contribution in [0.15, 0.2) is 53.4 Å². The summed E-state index contributed by atoms with van der Waals surface area (Å²) in [6.07, 6.45) is 0. The Bertz CT molecular complexity index is 1290. The smallest absolute Gasteiger partial charge is 0.183 e. The van der Waals surface area contributed by atoms with E-state index < -0.39 is 15.1 Å². The molecule has 0 amide bonds. The summed E-state index contributed by atoms with van der Waals surface area (Å²) in [6.45, 7) is 6.34. The number of aryl methyl sites for hydroxylation is 1. The molecule has 1 saturated heterocycles. The van der Waals surface area contributed by atoms with Gasteiger partial charge in [-0.2, -0.15) is 0 Å². The standard InChI is InChI=1S/C24H28N4O3S/c1-16-7-8-20-19(9-16)21(26-13-24(25)14-31-15-24)10-23(27-20)28-11-17(2)32(29,30)22-6-4-3-5-18(22)12-28/h3-10,17H,11-15,25H2,1-2H3,(H,26,27). The maximum absolute atomic E-state index is 13.1. The lowest BCUT2D eigenvalue weighted by molar-refractivity contribution is -0.0461. The summed E-state index contributed by atoms with van der Waals surface area (Å²) in [5.74, 6) is 0.749. The van der Waals surface area contributed by atoms with E-state index in [1.54, 1.807) is 19.1 Å². The molecule has 1 aromatic heterocycles. The van der Waals surface area contributed by atoms with Crippen LogP contribution in [0, 0.1) is 6.92 Å². The van der Waals surface area contributed by atoms with Gasteiger partial charge in [0.1, 0.15) is 5.82 Å². The number of anilines is 2. The average Bonchev–Trinajstić information content (AvgIpc) is 2.85. The first-order valence-electron chi connectivity index (χ1n) is 10.8. The highest BCUT2D eigenvalue weighted by Gasteiger charge is 2.35. The zero-order valence-corrected chi connectivity index (χ0v) is 19.2. The quantitative estimate of drug-likeness (QED) is 0.628. The maximum Gasteiger partial charge on any atom is 0.183 e. The highest BCUT2D eigenvalue weighted by molar-refractivity contribution is 7.92. The van der Waals surface area contributed by atoms with Gasteiger partial charge in [0, 0.05) is 36.8 Å². The van der Waals surface area contributed by atoms with Crippen molar-refractivity contribution in [2.24, 2.45) is 5.73 Å². The van der Waals surface area contributed by atoms with Gasteiger partial charge < -0.3 is 20.7 Å². The fourth-order valence-electron chi connectivity index (χ4n) is 4.35. The number of nitrogens with two attached hydrogens (primary N) is 1. The third-order valence-electron chi connectivity index (χ3n) is 6.33. The first kappa shape index (κ1) is 21.2. The zero-order chi connectivity index (χ0) is 22.5. The van der Waals surface area contributed by atoms with Crippen molar-refractivity contribution in [3.63, 3.8) is 0 Å². The minimum Gasteiger partial charge on any atom is -0.382 e. The Balaban J connectivity index is 1.57. The van der Waals surface area contributed by atoms with E-state index in [0.717, 1.165) is 33.5 Å². The van der Waals surface area contributed by atoms with Gasteiger partial charge in [-0.15, -0.1) is 0 Å². The summed E-state index contributed by atoms with van der Waals surface area (Å²) >= 11 is 0. The van der Waals surface area contributed by atoms with Crippen molar-refractivity contribution in [1.29, 1.82) is 0 Å². The van der Waals surface area contributed by atoms with Crippen LogP contribution in [0.4, 0.5) is 11.5 Å². The van der Waals surface area contributed by atoms with Gasteiger partial charge in [-0.05, 0) is 37.6 Å². The number of rotatable bonds is 4. The van der Waals surface area contributed by atoms with E-state index in [2.05, 4.69) is 23.2 Å². The van der Waals surface area contributed by atoms with Crippen molar-refractivity contribution in [2.45, 2.75) is 36.1 Å². The van der Waals surface area contributed by atoms with Crippen LogP contribution < -0.4 is 16.0 Å². The van der Waals surface area contributed by atoms with Gasteiger partial charge in [0.05, 0.1) is 34.4 Å². The van der Waals surface area contributed by atoms with Gasteiger partial charge in [-0.1, -0.05) is 29.8 Å². The average molecular weight is 453 g/mol. The van der Waals surface area contributed by atoms with Gasteiger partial charge in [0.15, 0.2) is 9.84 Å². The van der Waals surface area contributed by atoms with E-state index in [-0.39, 0.29) is 5.54 Å². The van der Waals surface area contributed by atoms with Gasteiger partial charge in [0.25, 0.3) is 0 Å². The Morgan fingerprint density at radius 2 is 2.00 bits per heavy atom. The summed E-state index contributed by atoms with van der Waals surface area (Å²) in [5, 5.41) is 3.99. The molecule has 168 valence electrons. The number of hydrogen-bond donors (Lipinski definition) is 2. The number of hydrogen-bond acceptors (Lipinski definition) is 7. The van der Waals surface area contributed by atoms with E-state index in [1.807, 2.05) is 30.3 Å². The minimum absolute atomic E-state index is 0.371. The first-order chi connectivity index (χ1) is 15.2. The van der Waals surface area contributed by atoms with E-state index in [1.165, 1.54) is 0 Å². The number of sulfone groups is 1. The number of nitrogens with zero attached hydrogens (tertiary/aromatic N) is 2. The van der Waals surface area contributed by atoms with Crippen LogP contribution in [0.1, 0.15) is 18.1 Å². The van der Waals surface area contributed by atoms with Gasteiger partial charge in [0.2, 0.25) is 0 Å². The summed E-state index contributed by atoms with van der Waals surface area (Å²) < 4.78 is 31.5. The number of fused-ring (bicyclic) bond motifs is 2. The van der Waals surface area contributed by atoms with E-state index >= 15 is 0 Å². The number of pyridine rings is 1. The van der Waals surface area contributed by atoms with E-state index in [9.17, 15) is 8.42 Å². The molecule has 32 heavy (non-hydrogen) atoms. The Labute approximate surface area is 188 Å². The van der Waals surface area contributed by atoms with Crippen LogP contribution in [-0.4, -0.2) is 50.5 Å². The van der Waals surface area contributed by atoms with E-state index in [4.69, 9.17) is 15.5 Å². The van der Waals surface area contributed by atoms with Gasteiger partial charge >= 0.3 is 0 Å². The second-order valence-electron chi connectivity index (χ2n) is 9.10. The molecule has 0 spiro atoms. The highest BCUT2D eigenvalue weighted by Crippen LogP contribution is 2.33. The third kappa shape index (κ3) is 3.72. The SMILES string of the molecule is Cc1ccc2nc(N3Cc4ccccc4S(=O)(=O)C(C)C3)cc(NCC3(N)COC3)c2c1. The monoisotopic (exact) mass is 452 g/mol. The largest absolute Gasteiger partial charge is 0.382 e. The van der Waals surface area contributed by atoms with E-state index in [0.29, 0.717) is 37.7 Å². The third-order valence-corrected chi connectivity index (χ3v) is 8.55. The van der Waals surface area contributed by atoms with Crippen LogP contribution >= 0.6 is 0 Å². The van der Waals surface area contributed by atoms with Crippen LogP contribution in [-0.2, 0) is 21.1 Å². The number of benzene rings is 2. The van der Waals surface area contributed by atoms with Crippen molar-refractivity contribution < 1.29 is 13.2 Å². The molecule has 2 aliphatic rings. The van der Waals surface area contributed by atoms with Crippen molar-refractivity contribution in [2.75, 3.05) is 36.5 Å². The number of nitrogens with one attached hydrogen (secondary N) is 1. The highest BCUT2D eigenvalue weighted by atomic mass is 32.2. The summed E-state index contributed by atoms with van der Waals surface area (Å²) in [7, 11) is -3.40. The lowest BCUT2D eigenvalue weighted by atomic mass is 9.99. The molecule has 2 aliphatic heterocycles.